The Labute approximate surface area is 107 Å². The Kier molecular flexibility index (Phi) is 4.33. The molecular weight excluding hydrogens is 230 g/mol. The summed E-state index contributed by atoms with van der Waals surface area (Å²) in [6.45, 7) is 4.09. The smallest absolute Gasteiger partial charge is 0.336 e. The second kappa shape index (κ2) is 5.98. The van der Waals surface area contributed by atoms with Crippen LogP contribution in [0.1, 0.15) is 12.5 Å². The summed E-state index contributed by atoms with van der Waals surface area (Å²) in [5.74, 6) is -0.292. The van der Waals surface area contributed by atoms with Crippen LogP contribution in [-0.4, -0.2) is 43.3 Å². The molecule has 1 unspecified atom stereocenters. The summed E-state index contributed by atoms with van der Waals surface area (Å²) < 4.78 is 10.2. The molecule has 2 rings (SSSR count). The van der Waals surface area contributed by atoms with Gasteiger partial charge in [-0.25, -0.2) is 4.79 Å². The van der Waals surface area contributed by atoms with Crippen molar-refractivity contribution in [3.63, 3.8) is 0 Å². The standard InChI is InChI=1S/C14H19NO3/c1-11-10-18-13(14(16)17-2)9-15(11)8-12-6-4-3-5-7-12/h3-7,11,13H,8-10H2,1-2H3/t11?,13-/m1/s1. The summed E-state index contributed by atoms with van der Waals surface area (Å²) >= 11 is 0. The number of morpholine rings is 1. The molecule has 0 aromatic heterocycles. The second-order valence-corrected chi connectivity index (χ2v) is 4.61. The molecular formula is C14H19NO3. The lowest BCUT2D eigenvalue weighted by Gasteiger charge is -2.36. The van der Waals surface area contributed by atoms with Crippen molar-refractivity contribution >= 4 is 5.97 Å². The van der Waals surface area contributed by atoms with E-state index >= 15 is 0 Å². The fraction of sp³-hybridized carbons (Fsp3) is 0.500. The summed E-state index contributed by atoms with van der Waals surface area (Å²) in [4.78, 5) is 13.7. The minimum absolute atomic E-state index is 0.292. The third-order valence-corrected chi connectivity index (χ3v) is 3.25. The van der Waals surface area contributed by atoms with Gasteiger partial charge in [0, 0.05) is 19.1 Å². The third kappa shape index (κ3) is 3.09. The molecule has 1 aliphatic rings. The Morgan fingerprint density at radius 1 is 1.44 bits per heavy atom. The van der Waals surface area contributed by atoms with E-state index in [0.717, 1.165) is 6.54 Å². The Hall–Kier alpha value is -1.39. The van der Waals surface area contributed by atoms with Gasteiger partial charge in [-0.2, -0.15) is 0 Å². The van der Waals surface area contributed by atoms with Crippen LogP contribution in [0.3, 0.4) is 0 Å². The van der Waals surface area contributed by atoms with Crippen molar-refractivity contribution in [2.45, 2.75) is 25.6 Å². The molecule has 98 valence electrons. The molecule has 0 aliphatic carbocycles. The lowest BCUT2D eigenvalue weighted by molar-refractivity contribution is -0.163. The first-order valence-electron chi connectivity index (χ1n) is 6.18. The molecule has 0 amide bonds. The highest BCUT2D eigenvalue weighted by Gasteiger charge is 2.31. The minimum atomic E-state index is -0.463. The first kappa shape index (κ1) is 13.1. The van der Waals surface area contributed by atoms with Gasteiger partial charge in [-0.1, -0.05) is 30.3 Å². The molecule has 0 N–H and O–H groups in total. The van der Waals surface area contributed by atoms with Crippen LogP contribution in [0.15, 0.2) is 30.3 Å². The molecule has 0 radical (unpaired) electrons. The normalized spacial score (nSPS) is 24.8. The number of benzene rings is 1. The maximum Gasteiger partial charge on any atom is 0.336 e. The lowest BCUT2D eigenvalue weighted by Crippen LogP contribution is -2.50. The van der Waals surface area contributed by atoms with Crippen LogP contribution in [0.4, 0.5) is 0 Å². The van der Waals surface area contributed by atoms with E-state index in [1.54, 1.807) is 0 Å². The van der Waals surface area contributed by atoms with E-state index in [9.17, 15) is 4.79 Å². The van der Waals surface area contributed by atoms with Gasteiger partial charge in [0.15, 0.2) is 6.10 Å². The summed E-state index contributed by atoms with van der Waals surface area (Å²) in [6.07, 6.45) is -0.463. The molecule has 0 bridgehead atoms. The summed E-state index contributed by atoms with van der Waals surface area (Å²) in [5, 5.41) is 0. The van der Waals surface area contributed by atoms with Crippen LogP contribution in [0.2, 0.25) is 0 Å². The zero-order valence-corrected chi connectivity index (χ0v) is 10.8. The maximum atomic E-state index is 11.5. The summed E-state index contributed by atoms with van der Waals surface area (Å²) in [6, 6.07) is 10.6. The number of rotatable bonds is 3. The molecule has 0 spiro atoms. The van der Waals surface area contributed by atoms with Gasteiger partial charge in [0.1, 0.15) is 0 Å². The van der Waals surface area contributed by atoms with Crippen LogP contribution in [-0.2, 0) is 20.8 Å². The second-order valence-electron chi connectivity index (χ2n) is 4.61. The molecule has 18 heavy (non-hydrogen) atoms. The molecule has 2 atom stereocenters. The van der Waals surface area contributed by atoms with E-state index in [4.69, 9.17) is 9.47 Å². The number of ether oxygens (including phenoxy) is 2. The average molecular weight is 249 g/mol. The van der Waals surface area contributed by atoms with Gasteiger partial charge >= 0.3 is 5.97 Å². The number of carbonyl (C=O) groups is 1. The van der Waals surface area contributed by atoms with Gasteiger partial charge in [0.25, 0.3) is 0 Å². The molecule has 1 saturated heterocycles. The van der Waals surface area contributed by atoms with Crippen molar-refractivity contribution in [3.05, 3.63) is 35.9 Å². The monoisotopic (exact) mass is 249 g/mol. The van der Waals surface area contributed by atoms with Gasteiger partial charge in [0.05, 0.1) is 13.7 Å². The van der Waals surface area contributed by atoms with Crippen LogP contribution in [0, 0.1) is 0 Å². The van der Waals surface area contributed by atoms with E-state index in [-0.39, 0.29) is 5.97 Å². The fourth-order valence-electron chi connectivity index (χ4n) is 2.12. The zero-order valence-electron chi connectivity index (χ0n) is 10.8. The van der Waals surface area contributed by atoms with Crippen LogP contribution in [0.5, 0.6) is 0 Å². The first-order valence-corrected chi connectivity index (χ1v) is 6.18. The summed E-state index contributed by atoms with van der Waals surface area (Å²) in [5.41, 5.74) is 1.25. The highest BCUT2D eigenvalue weighted by atomic mass is 16.6. The molecule has 1 aliphatic heterocycles. The van der Waals surface area contributed by atoms with Crippen LogP contribution < -0.4 is 0 Å². The first-order chi connectivity index (χ1) is 8.70. The molecule has 1 aromatic carbocycles. The molecule has 1 fully saturated rings. The number of methoxy groups -OCH3 is 1. The van der Waals surface area contributed by atoms with Crippen molar-refractivity contribution < 1.29 is 14.3 Å². The largest absolute Gasteiger partial charge is 0.467 e. The van der Waals surface area contributed by atoms with E-state index < -0.39 is 6.10 Å². The zero-order chi connectivity index (χ0) is 13.0. The van der Waals surface area contributed by atoms with Gasteiger partial charge < -0.3 is 9.47 Å². The van der Waals surface area contributed by atoms with E-state index in [1.165, 1.54) is 12.7 Å². The van der Waals surface area contributed by atoms with Gasteiger partial charge in [-0.3, -0.25) is 4.90 Å². The van der Waals surface area contributed by atoms with Crippen molar-refractivity contribution in [1.29, 1.82) is 0 Å². The number of hydrogen-bond donors (Lipinski definition) is 0. The van der Waals surface area contributed by atoms with E-state index in [1.807, 2.05) is 18.2 Å². The van der Waals surface area contributed by atoms with Gasteiger partial charge in [0.2, 0.25) is 0 Å². The van der Waals surface area contributed by atoms with Crippen LogP contribution in [0.25, 0.3) is 0 Å². The highest BCUT2D eigenvalue weighted by Crippen LogP contribution is 2.16. The number of hydrogen-bond acceptors (Lipinski definition) is 4. The average Bonchev–Trinajstić information content (AvgIpc) is 2.41. The number of esters is 1. The Morgan fingerprint density at radius 2 is 2.17 bits per heavy atom. The molecule has 1 heterocycles. The van der Waals surface area contributed by atoms with E-state index in [0.29, 0.717) is 19.2 Å². The van der Waals surface area contributed by atoms with Gasteiger partial charge in [-0.15, -0.1) is 0 Å². The molecule has 4 heteroatoms. The van der Waals surface area contributed by atoms with E-state index in [2.05, 4.69) is 24.0 Å². The van der Waals surface area contributed by atoms with Crippen molar-refractivity contribution in [2.24, 2.45) is 0 Å². The van der Waals surface area contributed by atoms with Crippen molar-refractivity contribution in [2.75, 3.05) is 20.3 Å². The predicted octanol–water partition coefficient (Wildman–Crippen LogP) is 1.45. The molecule has 0 saturated carbocycles. The number of carbonyl (C=O) groups excluding carboxylic acids is 1. The third-order valence-electron chi connectivity index (χ3n) is 3.25. The van der Waals surface area contributed by atoms with Crippen molar-refractivity contribution in [1.82, 2.24) is 4.90 Å². The molecule has 1 aromatic rings. The fourth-order valence-corrected chi connectivity index (χ4v) is 2.12. The van der Waals surface area contributed by atoms with Gasteiger partial charge in [-0.05, 0) is 12.5 Å². The SMILES string of the molecule is COC(=O)[C@H]1CN(Cc2ccccc2)C(C)CO1. The Balaban J connectivity index is 2.00. The topological polar surface area (TPSA) is 38.8 Å². The summed E-state index contributed by atoms with van der Waals surface area (Å²) in [7, 11) is 1.39. The highest BCUT2D eigenvalue weighted by molar-refractivity contribution is 5.74. The van der Waals surface area contributed by atoms with Crippen LogP contribution >= 0.6 is 0 Å². The lowest BCUT2D eigenvalue weighted by atomic mass is 10.1. The quantitative estimate of drug-likeness (QED) is 0.760. The Bertz CT molecular complexity index is 393. The Morgan fingerprint density at radius 3 is 2.83 bits per heavy atom. The van der Waals surface area contributed by atoms with Crippen molar-refractivity contribution in [3.8, 4) is 0 Å². The minimum Gasteiger partial charge on any atom is -0.467 e. The molecule has 4 nitrogen and oxygen atoms in total. The maximum absolute atomic E-state index is 11.5. The predicted molar refractivity (Wildman–Crippen MR) is 68.1 cm³/mol. The number of nitrogens with zero attached hydrogens (tertiary/aromatic N) is 1.